The van der Waals surface area contributed by atoms with Gasteiger partial charge in [0, 0.05) is 25.7 Å². The third kappa shape index (κ3) is 3.76. The van der Waals surface area contributed by atoms with Crippen LogP contribution in [0.4, 0.5) is 0 Å². The summed E-state index contributed by atoms with van der Waals surface area (Å²) < 4.78 is 0. The Balaban J connectivity index is 1.66. The van der Waals surface area contributed by atoms with Crippen LogP contribution in [0.15, 0.2) is 54.6 Å². The van der Waals surface area contributed by atoms with Crippen molar-refractivity contribution in [3.8, 4) is 0 Å². The first-order valence-electron chi connectivity index (χ1n) is 8.44. The van der Waals surface area contributed by atoms with E-state index < -0.39 is 0 Å². The van der Waals surface area contributed by atoms with Crippen molar-refractivity contribution in [3.05, 3.63) is 71.3 Å². The van der Waals surface area contributed by atoms with Gasteiger partial charge in [-0.3, -0.25) is 4.90 Å². The number of hydrogen-bond acceptors (Lipinski definition) is 2. The van der Waals surface area contributed by atoms with Gasteiger partial charge < -0.3 is 5.32 Å². The minimum absolute atomic E-state index is 0.419. The van der Waals surface area contributed by atoms with E-state index in [2.05, 4.69) is 71.7 Å². The molecule has 22 heavy (non-hydrogen) atoms. The van der Waals surface area contributed by atoms with E-state index in [9.17, 15) is 0 Å². The van der Waals surface area contributed by atoms with Crippen molar-refractivity contribution >= 4 is 0 Å². The lowest BCUT2D eigenvalue weighted by atomic mass is 10.1. The van der Waals surface area contributed by atoms with Gasteiger partial charge in [0.1, 0.15) is 0 Å². The zero-order chi connectivity index (χ0) is 15.2. The van der Waals surface area contributed by atoms with E-state index in [0.29, 0.717) is 6.04 Å². The van der Waals surface area contributed by atoms with Crippen molar-refractivity contribution in [1.29, 1.82) is 0 Å². The maximum Gasteiger partial charge on any atom is 0.0449 e. The van der Waals surface area contributed by atoms with Crippen molar-refractivity contribution in [2.24, 2.45) is 0 Å². The van der Waals surface area contributed by atoms with Gasteiger partial charge in [-0.05, 0) is 29.7 Å². The van der Waals surface area contributed by atoms with Gasteiger partial charge in [0.2, 0.25) is 0 Å². The standard InChI is InChI=1S/C20H26N2/c1-2-3-13-21-20(17-9-5-4-6-10-17)16-22-14-18-11-7-8-12-19(18)15-22/h4-12,20-21H,2-3,13-16H2,1H3/t20-/m0/s1. The smallest absolute Gasteiger partial charge is 0.0449 e. The fourth-order valence-corrected chi connectivity index (χ4v) is 3.22. The van der Waals surface area contributed by atoms with Crippen LogP contribution in [0.5, 0.6) is 0 Å². The Morgan fingerprint density at radius 2 is 1.59 bits per heavy atom. The molecular weight excluding hydrogens is 268 g/mol. The van der Waals surface area contributed by atoms with E-state index >= 15 is 0 Å². The molecule has 1 aliphatic heterocycles. The van der Waals surface area contributed by atoms with Crippen molar-refractivity contribution < 1.29 is 0 Å². The Kier molecular flexibility index (Phi) is 5.25. The second-order valence-electron chi connectivity index (χ2n) is 6.21. The molecule has 0 saturated heterocycles. The predicted octanol–water partition coefficient (Wildman–Crippen LogP) is 4.13. The van der Waals surface area contributed by atoms with E-state index in [0.717, 1.165) is 26.2 Å². The third-order valence-electron chi connectivity index (χ3n) is 4.47. The number of hydrogen-bond donors (Lipinski definition) is 1. The molecular formula is C20H26N2. The fraction of sp³-hybridized carbons (Fsp3) is 0.400. The van der Waals surface area contributed by atoms with Crippen LogP contribution >= 0.6 is 0 Å². The Morgan fingerprint density at radius 1 is 0.955 bits per heavy atom. The average Bonchev–Trinajstić information content (AvgIpc) is 2.97. The molecule has 0 aliphatic carbocycles. The highest BCUT2D eigenvalue weighted by Gasteiger charge is 2.22. The molecule has 1 N–H and O–H groups in total. The monoisotopic (exact) mass is 294 g/mol. The van der Waals surface area contributed by atoms with E-state index in [-0.39, 0.29) is 0 Å². The topological polar surface area (TPSA) is 15.3 Å². The van der Waals surface area contributed by atoms with Crippen LogP contribution in [0.1, 0.15) is 42.5 Å². The summed E-state index contributed by atoms with van der Waals surface area (Å²) in [5.41, 5.74) is 4.38. The highest BCUT2D eigenvalue weighted by molar-refractivity contribution is 5.30. The molecule has 2 aromatic carbocycles. The van der Waals surface area contributed by atoms with Crippen LogP contribution in [0, 0.1) is 0 Å². The highest BCUT2D eigenvalue weighted by atomic mass is 15.2. The molecule has 2 nitrogen and oxygen atoms in total. The molecule has 1 heterocycles. The lowest BCUT2D eigenvalue weighted by molar-refractivity contribution is 0.248. The minimum Gasteiger partial charge on any atom is -0.309 e. The van der Waals surface area contributed by atoms with Gasteiger partial charge in [0.05, 0.1) is 0 Å². The summed E-state index contributed by atoms with van der Waals surface area (Å²) in [6.07, 6.45) is 2.48. The van der Waals surface area contributed by atoms with Gasteiger partial charge in [0.25, 0.3) is 0 Å². The Bertz CT molecular complexity index is 554. The summed E-state index contributed by atoms with van der Waals surface area (Å²) in [5.74, 6) is 0. The maximum atomic E-state index is 3.75. The molecule has 0 amide bonds. The molecule has 1 aliphatic rings. The van der Waals surface area contributed by atoms with Gasteiger partial charge in [0.15, 0.2) is 0 Å². The largest absolute Gasteiger partial charge is 0.309 e. The van der Waals surface area contributed by atoms with Gasteiger partial charge >= 0.3 is 0 Å². The molecule has 0 fully saturated rings. The Hall–Kier alpha value is -1.64. The molecule has 0 aromatic heterocycles. The SMILES string of the molecule is CCCCN[C@@H](CN1Cc2ccccc2C1)c1ccccc1. The van der Waals surface area contributed by atoms with Crippen molar-refractivity contribution in [1.82, 2.24) is 10.2 Å². The number of benzene rings is 2. The predicted molar refractivity (Wildman–Crippen MR) is 92.6 cm³/mol. The van der Waals surface area contributed by atoms with Crippen LogP contribution in [0.2, 0.25) is 0 Å². The van der Waals surface area contributed by atoms with Gasteiger partial charge in [-0.2, -0.15) is 0 Å². The van der Waals surface area contributed by atoms with E-state index in [1.54, 1.807) is 0 Å². The summed E-state index contributed by atoms with van der Waals surface area (Å²) in [7, 11) is 0. The van der Waals surface area contributed by atoms with Crippen molar-refractivity contribution in [3.63, 3.8) is 0 Å². The van der Waals surface area contributed by atoms with E-state index in [1.165, 1.54) is 29.5 Å². The number of rotatable bonds is 7. The van der Waals surface area contributed by atoms with Gasteiger partial charge in [-0.15, -0.1) is 0 Å². The molecule has 2 heteroatoms. The second-order valence-corrected chi connectivity index (χ2v) is 6.21. The second kappa shape index (κ2) is 7.57. The Labute approximate surface area is 134 Å². The molecule has 1 atom stereocenters. The van der Waals surface area contributed by atoms with Crippen LogP contribution in [-0.2, 0) is 13.1 Å². The van der Waals surface area contributed by atoms with Gasteiger partial charge in [-0.25, -0.2) is 0 Å². The van der Waals surface area contributed by atoms with Crippen molar-refractivity contribution in [2.75, 3.05) is 13.1 Å². The summed E-state index contributed by atoms with van der Waals surface area (Å²) in [6, 6.07) is 20.1. The first-order chi connectivity index (χ1) is 10.9. The van der Waals surface area contributed by atoms with E-state index in [4.69, 9.17) is 0 Å². The summed E-state index contributed by atoms with van der Waals surface area (Å²) in [6.45, 7) is 6.57. The highest BCUT2D eigenvalue weighted by Crippen LogP contribution is 2.25. The minimum atomic E-state index is 0.419. The number of unbranched alkanes of at least 4 members (excludes halogenated alkanes) is 1. The number of nitrogens with zero attached hydrogens (tertiary/aromatic N) is 1. The van der Waals surface area contributed by atoms with E-state index in [1.807, 2.05) is 0 Å². The third-order valence-corrected chi connectivity index (χ3v) is 4.47. The summed E-state index contributed by atoms with van der Waals surface area (Å²) in [4.78, 5) is 2.56. The first kappa shape index (κ1) is 15.3. The normalized spacial score (nSPS) is 15.7. The molecule has 2 aromatic rings. The van der Waals surface area contributed by atoms with Crippen molar-refractivity contribution in [2.45, 2.75) is 38.9 Å². The molecule has 3 rings (SSSR count). The summed E-state index contributed by atoms with van der Waals surface area (Å²) >= 11 is 0. The average molecular weight is 294 g/mol. The molecule has 0 spiro atoms. The maximum absolute atomic E-state index is 3.75. The molecule has 0 saturated carbocycles. The zero-order valence-electron chi connectivity index (χ0n) is 13.5. The molecule has 0 radical (unpaired) electrons. The quantitative estimate of drug-likeness (QED) is 0.772. The molecule has 0 unspecified atom stereocenters. The van der Waals surface area contributed by atoms with Crippen LogP contribution in [0.3, 0.4) is 0 Å². The van der Waals surface area contributed by atoms with Crippen LogP contribution in [-0.4, -0.2) is 18.0 Å². The van der Waals surface area contributed by atoms with Crippen LogP contribution < -0.4 is 5.32 Å². The number of nitrogens with one attached hydrogen (secondary N) is 1. The molecule has 116 valence electrons. The van der Waals surface area contributed by atoms with Crippen LogP contribution in [0.25, 0.3) is 0 Å². The fourth-order valence-electron chi connectivity index (χ4n) is 3.22. The van der Waals surface area contributed by atoms with Gasteiger partial charge in [-0.1, -0.05) is 67.9 Å². The summed E-state index contributed by atoms with van der Waals surface area (Å²) in [5, 5.41) is 3.75. The lowest BCUT2D eigenvalue weighted by Crippen LogP contribution is -2.33. The molecule has 0 bridgehead atoms. The lowest BCUT2D eigenvalue weighted by Gasteiger charge is -2.25. The Morgan fingerprint density at radius 3 is 2.23 bits per heavy atom. The zero-order valence-corrected chi connectivity index (χ0v) is 13.5. The number of fused-ring (bicyclic) bond motifs is 1. The first-order valence-corrected chi connectivity index (χ1v) is 8.44.